The number of aryl methyl sites for hydroxylation is 1. The van der Waals surface area contributed by atoms with Crippen LogP contribution in [0, 0.1) is 0 Å². The number of carbonyl (C=O) groups excluding carboxylic acids is 2. The molecule has 9 heteroatoms. The summed E-state index contributed by atoms with van der Waals surface area (Å²) in [6.45, 7) is 7.41. The Labute approximate surface area is 234 Å². The molecule has 194 valence electrons. The second-order valence-electron chi connectivity index (χ2n) is 8.85. The van der Waals surface area contributed by atoms with Crippen LogP contribution in [-0.2, 0) is 11.3 Å². The number of anilines is 3. The zero-order valence-electron chi connectivity index (χ0n) is 21.2. The Balaban J connectivity index is 1.58. The van der Waals surface area contributed by atoms with E-state index in [0.29, 0.717) is 11.3 Å². The quantitative estimate of drug-likeness (QED) is 0.197. The number of carbonyl (C=O) groups is 2. The van der Waals surface area contributed by atoms with Gasteiger partial charge in [-0.1, -0.05) is 34.7 Å². The van der Waals surface area contributed by atoms with Gasteiger partial charge >= 0.3 is 0 Å². The molecule has 6 nitrogen and oxygen atoms in total. The molecule has 1 atom stereocenters. The molecule has 1 aliphatic heterocycles. The van der Waals surface area contributed by atoms with Crippen molar-refractivity contribution in [2.45, 2.75) is 38.3 Å². The van der Waals surface area contributed by atoms with Gasteiger partial charge in [-0.25, -0.2) is 0 Å². The lowest BCUT2D eigenvalue weighted by molar-refractivity contribution is -0.665. The molecule has 0 amide bonds. The third-order valence-electron chi connectivity index (χ3n) is 6.60. The van der Waals surface area contributed by atoms with E-state index < -0.39 is 12.0 Å². The molecular weight excluding hydrogens is 538 g/mol. The first kappa shape index (κ1) is 26.3. The predicted molar refractivity (Wildman–Crippen MR) is 154 cm³/mol. The monoisotopic (exact) mass is 563 g/mol. The van der Waals surface area contributed by atoms with Crippen LogP contribution in [-0.4, -0.2) is 24.8 Å². The largest absolute Gasteiger partial charge is 0.548 e. The van der Waals surface area contributed by atoms with E-state index in [2.05, 4.69) is 35.5 Å². The summed E-state index contributed by atoms with van der Waals surface area (Å²) in [5, 5.41) is 14.9. The van der Waals surface area contributed by atoms with E-state index in [-0.39, 0.29) is 0 Å². The number of hydrogen-bond donors (Lipinski definition) is 0. The van der Waals surface area contributed by atoms with Crippen LogP contribution in [0.3, 0.4) is 0 Å². The first-order valence-electron chi connectivity index (χ1n) is 12.3. The van der Waals surface area contributed by atoms with Crippen LogP contribution >= 0.6 is 34.7 Å². The van der Waals surface area contributed by atoms with E-state index in [1.807, 2.05) is 30.3 Å². The standard InChI is InChI=1S/C29H26ClN3O3S2/c1-4-31-23-14-20(30)8-12-25(23)37-27(31)16-28-32(5-2)24-15-22(11-13-26(24)38-28)33(18(3)29(35)36)21-9-6-19(17-34)7-10-21/h6-18H,4-5H2,1-3H3. The summed E-state index contributed by atoms with van der Waals surface area (Å²) < 4.78 is 3.35. The average Bonchev–Trinajstić information content (AvgIpc) is 3.44. The zero-order chi connectivity index (χ0) is 27.0. The van der Waals surface area contributed by atoms with Gasteiger partial charge in [-0.15, -0.1) is 0 Å². The molecule has 3 aromatic carbocycles. The van der Waals surface area contributed by atoms with Crippen LogP contribution in [0.25, 0.3) is 16.3 Å². The topological polar surface area (TPSA) is 67.6 Å². The highest BCUT2D eigenvalue weighted by Crippen LogP contribution is 2.47. The molecule has 1 unspecified atom stereocenters. The number of carboxylic acid groups (broad SMARTS) is 1. The van der Waals surface area contributed by atoms with E-state index in [1.54, 1.807) is 59.2 Å². The van der Waals surface area contributed by atoms with E-state index in [1.165, 1.54) is 4.90 Å². The Morgan fingerprint density at radius 1 is 1.11 bits per heavy atom. The van der Waals surface area contributed by atoms with Crippen molar-refractivity contribution in [3.63, 3.8) is 0 Å². The molecule has 5 rings (SSSR count). The van der Waals surface area contributed by atoms with Gasteiger partial charge in [0, 0.05) is 39.5 Å². The summed E-state index contributed by atoms with van der Waals surface area (Å²) in [6, 6.07) is 17.9. The molecule has 2 heterocycles. The van der Waals surface area contributed by atoms with Crippen molar-refractivity contribution >= 4 is 80.3 Å². The summed E-state index contributed by atoms with van der Waals surface area (Å²) >= 11 is 9.71. The number of rotatable bonds is 8. The Kier molecular flexibility index (Phi) is 7.47. The van der Waals surface area contributed by atoms with Crippen LogP contribution in [0.4, 0.5) is 17.1 Å². The third kappa shape index (κ3) is 4.79. The van der Waals surface area contributed by atoms with E-state index >= 15 is 0 Å². The maximum atomic E-state index is 11.9. The Morgan fingerprint density at radius 2 is 1.84 bits per heavy atom. The molecule has 0 aliphatic carbocycles. The van der Waals surface area contributed by atoms with Gasteiger partial charge in [0.1, 0.15) is 17.5 Å². The number of aldehydes is 1. The highest BCUT2D eigenvalue weighted by Gasteiger charge is 2.28. The second kappa shape index (κ2) is 10.8. The Bertz CT molecular complexity index is 1570. The molecule has 4 aromatic rings. The number of hydrogen-bond acceptors (Lipinski definition) is 7. The summed E-state index contributed by atoms with van der Waals surface area (Å²) in [5.74, 6) is -1.18. The molecule has 0 spiro atoms. The first-order chi connectivity index (χ1) is 18.3. The molecule has 1 aromatic heterocycles. The van der Waals surface area contributed by atoms with Crippen LogP contribution in [0.15, 0.2) is 70.6 Å². The minimum Gasteiger partial charge on any atom is -0.548 e. The van der Waals surface area contributed by atoms with Gasteiger partial charge < -0.3 is 19.7 Å². The maximum Gasteiger partial charge on any atom is 0.265 e. The fourth-order valence-corrected chi connectivity index (χ4v) is 7.23. The molecule has 0 saturated carbocycles. The van der Waals surface area contributed by atoms with Crippen molar-refractivity contribution in [2.75, 3.05) is 16.3 Å². The number of benzene rings is 3. The molecule has 38 heavy (non-hydrogen) atoms. The van der Waals surface area contributed by atoms with Crippen molar-refractivity contribution in [3.8, 4) is 0 Å². The fourth-order valence-electron chi connectivity index (χ4n) is 4.70. The van der Waals surface area contributed by atoms with E-state index in [0.717, 1.165) is 56.0 Å². The van der Waals surface area contributed by atoms with Crippen molar-refractivity contribution in [1.82, 2.24) is 0 Å². The van der Waals surface area contributed by atoms with Gasteiger partial charge in [-0.2, -0.15) is 4.57 Å². The van der Waals surface area contributed by atoms with Gasteiger partial charge in [-0.05, 0) is 75.4 Å². The summed E-state index contributed by atoms with van der Waals surface area (Å²) in [5.41, 5.74) is 4.08. The fraction of sp³-hybridized carbons (Fsp3) is 0.207. The zero-order valence-corrected chi connectivity index (χ0v) is 23.6. The first-order valence-corrected chi connectivity index (χ1v) is 14.3. The highest BCUT2D eigenvalue weighted by atomic mass is 35.5. The third-order valence-corrected chi connectivity index (χ3v) is 9.06. The number of halogens is 1. The molecule has 0 saturated heterocycles. The van der Waals surface area contributed by atoms with Crippen LogP contribution in [0.2, 0.25) is 5.02 Å². The Hall–Kier alpha value is -3.33. The normalized spacial score (nSPS) is 14.6. The number of nitrogens with zero attached hydrogens (tertiary/aromatic N) is 3. The van der Waals surface area contributed by atoms with Gasteiger partial charge in [0.05, 0.1) is 28.8 Å². The van der Waals surface area contributed by atoms with Crippen molar-refractivity contribution in [2.24, 2.45) is 0 Å². The molecule has 0 bridgehead atoms. The number of thiazole rings is 1. The molecule has 0 radical (unpaired) electrons. The number of aliphatic carboxylic acids is 1. The van der Waals surface area contributed by atoms with Crippen molar-refractivity contribution in [1.29, 1.82) is 0 Å². The van der Waals surface area contributed by atoms with E-state index in [9.17, 15) is 14.7 Å². The van der Waals surface area contributed by atoms with Crippen molar-refractivity contribution in [3.05, 3.63) is 81.3 Å². The van der Waals surface area contributed by atoms with Crippen LogP contribution in [0.5, 0.6) is 0 Å². The number of thioether (sulfide) groups is 1. The maximum absolute atomic E-state index is 11.9. The second-order valence-corrected chi connectivity index (χ2v) is 11.4. The van der Waals surface area contributed by atoms with Gasteiger partial charge in [0.2, 0.25) is 5.52 Å². The molecule has 0 N–H and O–H groups in total. The van der Waals surface area contributed by atoms with Gasteiger partial charge in [-0.3, -0.25) is 4.79 Å². The summed E-state index contributed by atoms with van der Waals surface area (Å²) in [6.07, 6.45) is 2.99. The lowest BCUT2D eigenvalue weighted by atomic mass is 10.1. The van der Waals surface area contributed by atoms with E-state index in [4.69, 9.17) is 11.6 Å². The summed E-state index contributed by atoms with van der Waals surface area (Å²) in [7, 11) is 0. The van der Waals surface area contributed by atoms with Crippen LogP contribution in [0.1, 0.15) is 36.1 Å². The smallest absolute Gasteiger partial charge is 0.265 e. The molecule has 1 aliphatic rings. The minimum atomic E-state index is -1.18. The summed E-state index contributed by atoms with van der Waals surface area (Å²) in [4.78, 5) is 28.2. The lowest BCUT2D eigenvalue weighted by Gasteiger charge is -2.32. The SMILES string of the molecule is CCN1/C(=C/c2sc3ccc(N(c4ccc(C=O)cc4)C(C)C(=O)[O-])cc3[n+]2CC)Sc2ccc(Cl)cc21. The Morgan fingerprint density at radius 3 is 2.50 bits per heavy atom. The molecule has 0 fully saturated rings. The van der Waals surface area contributed by atoms with Gasteiger partial charge in [0.25, 0.3) is 5.01 Å². The number of aromatic nitrogens is 1. The average molecular weight is 564 g/mol. The predicted octanol–water partition coefficient (Wildman–Crippen LogP) is 5.88. The number of fused-ring (bicyclic) bond motifs is 2. The minimum absolute atomic E-state index is 0.528. The van der Waals surface area contributed by atoms with Crippen LogP contribution < -0.4 is 19.5 Å². The molecular formula is C29H26ClN3O3S2. The lowest BCUT2D eigenvalue weighted by Crippen LogP contribution is -2.44. The number of carboxylic acids is 1. The highest BCUT2D eigenvalue weighted by molar-refractivity contribution is 8.03. The van der Waals surface area contributed by atoms with Crippen molar-refractivity contribution < 1.29 is 19.3 Å². The van der Waals surface area contributed by atoms with Gasteiger partial charge in [0.15, 0.2) is 0 Å².